The van der Waals surface area contributed by atoms with Gasteiger partial charge in [0.25, 0.3) is 0 Å². The van der Waals surface area contributed by atoms with Gasteiger partial charge < -0.3 is 29.9 Å². The number of carbonyl (C=O) groups is 2. The highest BCUT2D eigenvalue weighted by atomic mass is 16.5. The van der Waals surface area contributed by atoms with Crippen LogP contribution in [-0.4, -0.2) is 70.0 Å². The molecule has 1 fully saturated rings. The normalized spacial score (nSPS) is 25.3. The lowest BCUT2D eigenvalue weighted by molar-refractivity contribution is -0.162. The first-order valence-corrected chi connectivity index (χ1v) is 12.5. The van der Waals surface area contributed by atoms with E-state index in [1.807, 2.05) is 19.1 Å². The Morgan fingerprint density at radius 3 is 2.35 bits per heavy atom. The highest BCUT2D eigenvalue weighted by Crippen LogP contribution is 2.27. The van der Waals surface area contributed by atoms with Crippen molar-refractivity contribution in [3.05, 3.63) is 23.8 Å². The first-order chi connectivity index (χ1) is 16.1. The van der Waals surface area contributed by atoms with Crippen molar-refractivity contribution in [1.82, 2.24) is 0 Å². The number of carboxylic acid groups (broad SMARTS) is 1. The summed E-state index contributed by atoms with van der Waals surface area (Å²) in [6, 6.07) is 0. The molecule has 0 aromatic rings. The van der Waals surface area contributed by atoms with Crippen molar-refractivity contribution in [2.24, 2.45) is 11.8 Å². The second-order valence-electron chi connectivity index (χ2n) is 9.50. The van der Waals surface area contributed by atoms with E-state index in [0.717, 1.165) is 32.1 Å². The molecule has 1 heterocycles. The molecule has 34 heavy (non-hydrogen) atoms. The lowest BCUT2D eigenvalue weighted by Crippen LogP contribution is -2.50. The Morgan fingerprint density at radius 1 is 1.06 bits per heavy atom. The van der Waals surface area contributed by atoms with Gasteiger partial charge in [-0.05, 0) is 45.4 Å². The van der Waals surface area contributed by atoms with Crippen LogP contribution < -0.4 is 0 Å². The molecule has 0 spiro atoms. The smallest absolute Gasteiger partial charge is 0.330 e. The number of unbranched alkanes of at least 4 members (excludes halogenated alkanes) is 5. The van der Waals surface area contributed by atoms with Gasteiger partial charge in [0.2, 0.25) is 0 Å². The average Bonchev–Trinajstić information content (AvgIpc) is 2.76. The molecule has 0 aromatic carbocycles. The molecule has 0 bridgehead atoms. The van der Waals surface area contributed by atoms with Gasteiger partial charge in [-0.3, -0.25) is 4.79 Å². The topological polar surface area (TPSA) is 134 Å². The summed E-state index contributed by atoms with van der Waals surface area (Å²) in [4.78, 5) is 22.5. The fourth-order valence-corrected chi connectivity index (χ4v) is 3.84. The number of aliphatic hydroxyl groups is 3. The van der Waals surface area contributed by atoms with Gasteiger partial charge in [-0.15, -0.1) is 0 Å². The minimum atomic E-state index is -1.05. The summed E-state index contributed by atoms with van der Waals surface area (Å²) in [6.07, 6.45) is 8.56. The number of esters is 1. The Hall–Kier alpha value is -1.74. The van der Waals surface area contributed by atoms with Crippen LogP contribution in [0.3, 0.4) is 0 Å². The largest absolute Gasteiger partial charge is 0.481 e. The Labute approximate surface area is 203 Å². The summed E-state index contributed by atoms with van der Waals surface area (Å²) in [5.74, 6) is -1.40. The summed E-state index contributed by atoms with van der Waals surface area (Å²) in [5, 5.41) is 39.1. The molecule has 1 saturated heterocycles. The maximum absolute atomic E-state index is 12.0. The van der Waals surface area contributed by atoms with Crippen LogP contribution in [0.4, 0.5) is 0 Å². The minimum absolute atomic E-state index is 0.0160. The van der Waals surface area contributed by atoms with Gasteiger partial charge in [0.15, 0.2) is 0 Å². The lowest BCUT2D eigenvalue weighted by Gasteiger charge is -2.37. The number of allylic oxidation sites excluding steroid dienone is 1. The van der Waals surface area contributed by atoms with Crippen molar-refractivity contribution < 1.29 is 39.5 Å². The Kier molecular flexibility index (Phi) is 15.0. The first-order valence-electron chi connectivity index (χ1n) is 12.5. The molecule has 196 valence electrons. The van der Waals surface area contributed by atoms with E-state index in [9.17, 15) is 24.9 Å². The van der Waals surface area contributed by atoms with E-state index < -0.39 is 36.4 Å². The minimum Gasteiger partial charge on any atom is -0.481 e. The molecule has 8 nitrogen and oxygen atoms in total. The Morgan fingerprint density at radius 2 is 1.71 bits per heavy atom. The first kappa shape index (κ1) is 30.3. The van der Waals surface area contributed by atoms with Crippen molar-refractivity contribution in [3.63, 3.8) is 0 Å². The van der Waals surface area contributed by atoms with Gasteiger partial charge >= 0.3 is 11.9 Å². The van der Waals surface area contributed by atoms with Gasteiger partial charge in [-0.25, -0.2) is 4.79 Å². The number of aliphatic carboxylic acids is 1. The molecule has 0 saturated carbocycles. The van der Waals surface area contributed by atoms with Crippen LogP contribution in [0.25, 0.3) is 0 Å². The third kappa shape index (κ3) is 12.6. The van der Waals surface area contributed by atoms with E-state index in [1.54, 1.807) is 13.8 Å². The summed E-state index contributed by atoms with van der Waals surface area (Å²) in [7, 11) is 0. The van der Waals surface area contributed by atoms with Crippen molar-refractivity contribution in [2.45, 2.75) is 103 Å². The third-order valence-corrected chi connectivity index (χ3v) is 6.29. The zero-order chi connectivity index (χ0) is 25.5. The number of ether oxygens (including phenoxy) is 2. The van der Waals surface area contributed by atoms with Crippen LogP contribution in [-0.2, 0) is 19.1 Å². The zero-order valence-electron chi connectivity index (χ0n) is 20.9. The monoisotopic (exact) mass is 484 g/mol. The molecular formula is C26H44O8. The number of carboxylic acids is 1. The fraction of sp³-hybridized carbons (Fsp3) is 0.769. The molecule has 1 aliphatic rings. The van der Waals surface area contributed by atoms with Crippen molar-refractivity contribution in [3.8, 4) is 0 Å². The molecular weight excluding hydrogens is 440 g/mol. The zero-order valence-corrected chi connectivity index (χ0v) is 20.9. The number of rotatable bonds is 16. The van der Waals surface area contributed by atoms with E-state index in [4.69, 9.17) is 14.6 Å². The van der Waals surface area contributed by atoms with E-state index >= 15 is 0 Å². The fourth-order valence-electron chi connectivity index (χ4n) is 3.84. The van der Waals surface area contributed by atoms with Gasteiger partial charge in [0.1, 0.15) is 6.10 Å². The predicted octanol–water partition coefficient (Wildman–Crippen LogP) is 3.38. The number of hydrogen-bond donors (Lipinski definition) is 4. The second-order valence-corrected chi connectivity index (χ2v) is 9.50. The summed E-state index contributed by atoms with van der Waals surface area (Å²) < 4.78 is 11.0. The van der Waals surface area contributed by atoms with Crippen LogP contribution in [0.1, 0.15) is 78.6 Å². The standard InChI is InChI=1S/C26H44O8/c1-18(16-24(30)33-14-9-7-5-4-6-8-13-23(28)29)15-22-26(32)25(31)21(17-34-22)12-10-11-19(2)20(3)27/h10-11,16,19-22,25-27,31-32H,4-9,12-15,17H2,1-3H3,(H,28,29)/t19-,20+,21+,22+,25-,26+/m1/s1. The predicted molar refractivity (Wildman–Crippen MR) is 129 cm³/mol. The maximum Gasteiger partial charge on any atom is 0.330 e. The molecule has 8 heteroatoms. The van der Waals surface area contributed by atoms with E-state index in [2.05, 4.69) is 0 Å². The number of aliphatic hydroxyl groups excluding tert-OH is 3. The maximum atomic E-state index is 12.0. The Bertz CT molecular complexity index is 657. The molecule has 0 aliphatic carbocycles. The Balaban J connectivity index is 2.28. The SMILES string of the molecule is CC(=CC(=O)OCCCCCCCCC(=O)O)C[C@@H]1OC[C@H](CC=C[C@@H](C)[C@H](C)O)[C@@H](O)[C@H]1O. The second kappa shape index (κ2) is 16.8. The number of carbonyl (C=O) groups excluding carboxylic acids is 1. The highest BCUT2D eigenvalue weighted by molar-refractivity contribution is 5.82. The molecule has 1 aliphatic heterocycles. The molecule has 1 rings (SSSR count). The van der Waals surface area contributed by atoms with Crippen molar-refractivity contribution in [2.75, 3.05) is 13.2 Å². The summed E-state index contributed by atoms with van der Waals surface area (Å²) >= 11 is 0. The van der Waals surface area contributed by atoms with Gasteiger partial charge in [-0.1, -0.05) is 50.3 Å². The number of hydrogen-bond acceptors (Lipinski definition) is 7. The lowest BCUT2D eigenvalue weighted by atomic mass is 9.87. The van der Waals surface area contributed by atoms with Gasteiger partial charge in [0.05, 0.1) is 31.5 Å². The van der Waals surface area contributed by atoms with Crippen LogP contribution in [0.15, 0.2) is 23.8 Å². The van der Waals surface area contributed by atoms with Crippen LogP contribution in [0, 0.1) is 11.8 Å². The molecule has 0 aromatic heterocycles. The van der Waals surface area contributed by atoms with E-state index in [-0.39, 0.29) is 18.3 Å². The van der Waals surface area contributed by atoms with Crippen LogP contribution in [0.2, 0.25) is 0 Å². The quantitative estimate of drug-likeness (QED) is 0.113. The van der Waals surface area contributed by atoms with Crippen molar-refractivity contribution >= 4 is 11.9 Å². The molecule has 0 radical (unpaired) electrons. The molecule has 6 atom stereocenters. The van der Waals surface area contributed by atoms with E-state index in [1.165, 1.54) is 6.08 Å². The van der Waals surface area contributed by atoms with Gasteiger partial charge in [-0.2, -0.15) is 0 Å². The average molecular weight is 485 g/mol. The molecule has 0 unspecified atom stereocenters. The van der Waals surface area contributed by atoms with Crippen LogP contribution >= 0.6 is 0 Å². The van der Waals surface area contributed by atoms with Crippen LogP contribution in [0.5, 0.6) is 0 Å². The van der Waals surface area contributed by atoms with Gasteiger partial charge in [0, 0.05) is 18.4 Å². The van der Waals surface area contributed by atoms with E-state index in [0.29, 0.717) is 38.0 Å². The third-order valence-electron chi connectivity index (χ3n) is 6.29. The highest BCUT2D eigenvalue weighted by Gasteiger charge is 2.37. The van der Waals surface area contributed by atoms with Crippen molar-refractivity contribution in [1.29, 1.82) is 0 Å². The molecule has 0 amide bonds. The molecule has 4 N–H and O–H groups in total. The summed E-state index contributed by atoms with van der Waals surface area (Å²) in [5.41, 5.74) is 0.712. The summed E-state index contributed by atoms with van der Waals surface area (Å²) in [6.45, 7) is 6.05.